The van der Waals surface area contributed by atoms with Crippen LogP contribution in [0.5, 0.6) is 11.5 Å². The first kappa shape index (κ1) is 23.8. The molecule has 0 fully saturated rings. The molecular weight excluding hydrogens is 496 g/mol. The second-order valence-electron chi connectivity index (χ2n) is 7.96. The molecule has 0 aromatic heterocycles. The molecule has 4 aromatic carbocycles. The van der Waals surface area contributed by atoms with E-state index in [0.717, 1.165) is 10.5 Å². The predicted octanol–water partition coefficient (Wildman–Crippen LogP) is 6.79. The zero-order valence-electron chi connectivity index (χ0n) is 18.9. The van der Waals surface area contributed by atoms with Gasteiger partial charge in [-0.2, -0.15) is 0 Å². The number of ether oxygens (including phenoxy) is 2. The van der Waals surface area contributed by atoms with Crippen molar-refractivity contribution in [1.29, 1.82) is 0 Å². The molecule has 1 aliphatic heterocycles. The van der Waals surface area contributed by atoms with Gasteiger partial charge in [0.25, 0.3) is 5.91 Å². The van der Waals surface area contributed by atoms with Crippen LogP contribution in [0.2, 0.25) is 5.02 Å². The number of fused-ring (bicyclic) bond motifs is 1. The summed E-state index contributed by atoms with van der Waals surface area (Å²) in [5, 5.41) is 5.84. The van der Waals surface area contributed by atoms with Gasteiger partial charge in [0.1, 0.15) is 5.25 Å². The first-order valence-corrected chi connectivity index (χ1v) is 12.4. The topological polar surface area (TPSA) is 76.7 Å². The lowest BCUT2D eigenvalue weighted by molar-refractivity contribution is -0.115. The Bertz CT molecular complexity index is 1410. The average molecular weight is 517 g/mol. The number of rotatable bonds is 7. The van der Waals surface area contributed by atoms with Gasteiger partial charge in [-0.1, -0.05) is 54.1 Å². The van der Waals surface area contributed by atoms with Gasteiger partial charge in [0.2, 0.25) is 12.7 Å². The number of halogens is 1. The summed E-state index contributed by atoms with van der Waals surface area (Å²) in [6.45, 7) is 0.166. The largest absolute Gasteiger partial charge is 0.454 e. The van der Waals surface area contributed by atoms with E-state index in [4.69, 9.17) is 21.1 Å². The number of nitrogens with one attached hydrogen (secondary N) is 2. The fraction of sp³-hybridized carbons (Fsp3) is 0.0714. The van der Waals surface area contributed by atoms with E-state index in [1.54, 1.807) is 48.5 Å². The molecule has 180 valence electrons. The molecule has 0 spiro atoms. The number of thioether (sulfide) groups is 1. The highest BCUT2D eigenvalue weighted by Gasteiger charge is 2.23. The average Bonchev–Trinajstić information content (AvgIpc) is 3.36. The van der Waals surface area contributed by atoms with Gasteiger partial charge in [-0.05, 0) is 54.1 Å². The molecule has 1 heterocycles. The van der Waals surface area contributed by atoms with Crippen molar-refractivity contribution in [2.45, 2.75) is 10.1 Å². The summed E-state index contributed by atoms with van der Waals surface area (Å²) in [5.74, 6) is 0.803. The molecule has 0 bridgehead atoms. The summed E-state index contributed by atoms with van der Waals surface area (Å²) >= 11 is 7.41. The lowest BCUT2D eigenvalue weighted by Gasteiger charge is -2.18. The first-order chi connectivity index (χ1) is 17.5. The van der Waals surface area contributed by atoms with Gasteiger partial charge in [0.15, 0.2) is 11.5 Å². The van der Waals surface area contributed by atoms with E-state index in [1.165, 1.54) is 11.8 Å². The smallest absolute Gasteiger partial charge is 0.255 e. The molecule has 8 heteroatoms. The molecule has 4 aromatic rings. The molecule has 0 aliphatic carbocycles. The lowest BCUT2D eigenvalue weighted by Crippen LogP contribution is -2.19. The Morgan fingerprint density at radius 3 is 2.39 bits per heavy atom. The van der Waals surface area contributed by atoms with Crippen LogP contribution < -0.4 is 20.1 Å². The monoisotopic (exact) mass is 516 g/mol. The summed E-state index contributed by atoms with van der Waals surface area (Å²) in [4.78, 5) is 26.9. The highest BCUT2D eigenvalue weighted by Crippen LogP contribution is 2.39. The van der Waals surface area contributed by atoms with E-state index >= 15 is 0 Å². The van der Waals surface area contributed by atoms with Crippen molar-refractivity contribution in [2.75, 3.05) is 17.4 Å². The van der Waals surface area contributed by atoms with E-state index < -0.39 is 5.25 Å². The van der Waals surface area contributed by atoms with E-state index in [0.29, 0.717) is 33.5 Å². The van der Waals surface area contributed by atoms with E-state index in [-0.39, 0.29) is 18.6 Å². The van der Waals surface area contributed by atoms with Crippen LogP contribution in [0, 0.1) is 0 Å². The van der Waals surface area contributed by atoms with Crippen molar-refractivity contribution in [3.8, 4) is 11.5 Å². The van der Waals surface area contributed by atoms with Crippen molar-refractivity contribution in [3.05, 3.63) is 113 Å². The van der Waals surface area contributed by atoms with Crippen LogP contribution in [-0.4, -0.2) is 18.6 Å². The van der Waals surface area contributed by atoms with E-state index in [2.05, 4.69) is 10.6 Å². The molecular formula is C28H21ClN2O4S. The zero-order chi connectivity index (χ0) is 24.9. The number of hydrogen-bond acceptors (Lipinski definition) is 5. The number of carbonyl (C=O) groups excluding carboxylic acids is 2. The van der Waals surface area contributed by atoms with Crippen LogP contribution in [0.25, 0.3) is 0 Å². The third-order valence-electron chi connectivity index (χ3n) is 5.41. The van der Waals surface area contributed by atoms with Crippen molar-refractivity contribution in [2.24, 2.45) is 0 Å². The quantitative estimate of drug-likeness (QED) is 0.264. The third-order valence-corrected chi connectivity index (χ3v) is 6.90. The SMILES string of the molecule is O=C(Nc1cccc(SC(C(=O)Nc2ccc3c(c2)OCO3)c2ccccc2)c1)c1cccc(Cl)c1. The van der Waals surface area contributed by atoms with Gasteiger partial charge in [-0.25, -0.2) is 0 Å². The summed E-state index contributed by atoms with van der Waals surface area (Å²) < 4.78 is 10.8. The number of hydrogen-bond donors (Lipinski definition) is 2. The Hall–Kier alpha value is -3.94. The Balaban J connectivity index is 1.35. The molecule has 6 nitrogen and oxygen atoms in total. The molecule has 1 atom stereocenters. The van der Waals surface area contributed by atoms with Gasteiger partial charge < -0.3 is 20.1 Å². The van der Waals surface area contributed by atoms with Crippen LogP contribution in [0.4, 0.5) is 11.4 Å². The molecule has 5 rings (SSSR count). The molecule has 36 heavy (non-hydrogen) atoms. The molecule has 2 N–H and O–H groups in total. The molecule has 0 saturated heterocycles. The standard InChI is InChI=1S/C28H21ClN2O4S/c29-20-9-4-8-19(14-20)27(32)30-21-10-5-11-23(15-21)36-26(18-6-2-1-3-7-18)28(33)31-22-12-13-24-25(16-22)35-17-34-24/h1-16,26H,17H2,(H,30,32)(H,31,33). The van der Waals surface area contributed by atoms with Crippen molar-refractivity contribution < 1.29 is 19.1 Å². The summed E-state index contributed by atoms with van der Waals surface area (Å²) in [7, 11) is 0. The second kappa shape index (κ2) is 10.8. The first-order valence-electron chi connectivity index (χ1n) is 11.1. The Kier molecular flexibility index (Phi) is 7.11. The number of anilines is 2. The van der Waals surface area contributed by atoms with Crippen LogP contribution in [-0.2, 0) is 4.79 Å². The van der Waals surface area contributed by atoms with Crippen molar-refractivity contribution in [3.63, 3.8) is 0 Å². The van der Waals surface area contributed by atoms with Gasteiger partial charge in [-0.15, -0.1) is 11.8 Å². The highest BCUT2D eigenvalue weighted by atomic mass is 35.5. The third kappa shape index (κ3) is 5.64. The van der Waals surface area contributed by atoms with Gasteiger partial charge in [-0.3, -0.25) is 9.59 Å². The minimum absolute atomic E-state index is 0.166. The Labute approximate surface area is 217 Å². The summed E-state index contributed by atoms with van der Waals surface area (Å²) in [5.41, 5.74) is 2.56. The normalized spacial score (nSPS) is 12.6. The van der Waals surface area contributed by atoms with Crippen LogP contribution in [0.1, 0.15) is 21.2 Å². The van der Waals surface area contributed by atoms with Crippen LogP contribution in [0.3, 0.4) is 0 Å². The van der Waals surface area contributed by atoms with E-state index in [9.17, 15) is 9.59 Å². The number of amides is 2. The van der Waals surface area contributed by atoms with E-state index in [1.807, 2.05) is 48.5 Å². The van der Waals surface area contributed by atoms with Gasteiger partial charge in [0.05, 0.1) is 0 Å². The van der Waals surface area contributed by atoms with Crippen molar-refractivity contribution >= 4 is 46.6 Å². The molecule has 0 radical (unpaired) electrons. The molecule has 1 aliphatic rings. The minimum Gasteiger partial charge on any atom is -0.454 e. The fourth-order valence-corrected chi connectivity index (χ4v) is 4.97. The van der Waals surface area contributed by atoms with Gasteiger partial charge in [0, 0.05) is 32.9 Å². The number of carbonyl (C=O) groups is 2. The summed E-state index contributed by atoms with van der Waals surface area (Å²) in [6.07, 6.45) is 0. The second-order valence-corrected chi connectivity index (χ2v) is 9.57. The van der Waals surface area contributed by atoms with Crippen LogP contribution >= 0.6 is 23.4 Å². The van der Waals surface area contributed by atoms with Crippen LogP contribution in [0.15, 0.2) is 102 Å². The lowest BCUT2D eigenvalue weighted by atomic mass is 10.1. The maximum Gasteiger partial charge on any atom is 0.255 e. The maximum atomic E-state index is 13.4. The maximum absolute atomic E-state index is 13.4. The molecule has 2 amide bonds. The summed E-state index contributed by atoms with van der Waals surface area (Å²) in [6, 6.07) is 29.0. The van der Waals surface area contributed by atoms with Crippen molar-refractivity contribution in [1.82, 2.24) is 0 Å². The Morgan fingerprint density at radius 1 is 0.778 bits per heavy atom. The fourth-order valence-electron chi connectivity index (χ4n) is 3.70. The molecule has 0 saturated carbocycles. The van der Waals surface area contributed by atoms with Gasteiger partial charge >= 0.3 is 0 Å². The minimum atomic E-state index is -0.532. The predicted molar refractivity (Wildman–Crippen MR) is 142 cm³/mol. The highest BCUT2D eigenvalue weighted by molar-refractivity contribution is 8.00. The number of benzene rings is 4. The Morgan fingerprint density at radius 2 is 1.56 bits per heavy atom. The molecule has 1 unspecified atom stereocenters. The zero-order valence-corrected chi connectivity index (χ0v) is 20.5.